The summed E-state index contributed by atoms with van der Waals surface area (Å²) in [5, 5.41) is 8.14. The van der Waals surface area contributed by atoms with Crippen LogP contribution in [-0.4, -0.2) is 10.6 Å². The first-order chi connectivity index (χ1) is 13.1. The summed E-state index contributed by atoms with van der Waals surface area (Å²) in [5.74, 6) is 0. The Labute approximate surface area is 162 Å². The van der Waals surface area contributed by atoms with Gasteiger partial charge in [-0.1, -0.05) is 24.3 Å². The Bertz CT molecular complexity index is 815. The number of nitrogens with zero attached hydrogens (tertiary/aromatic N) is 1. The molecule has 1 atom stereocenters. The number of anilines is 1. The van der Waals surface area contributed by atoms with Gasteiger partial charge in [0.2, 0.25) is 6.41 Å². The lowest BCUT2D eigenvalue weighted by Crippen LogP contribution is -2.09. The number of hydrogen-bond donors (Lipinski definition) is 3. The SMILES string of the molecule is N#CNS(=O)c1ccccc1.NC=O.Nc1c2c(cc3c1CCC3)CCC2. The van der Waals surface area contributed by atoms with Crippen LogP contribution in [0.3, 0.4) is 0 Å². The van der Waals surface area contributed by atoms with Crippen LogP contribution in [0, 0.1) is 11.5 Å². The van der Waals surface area contributed by atoms with Gasteiger partial charge in [0.25, 0.3) is 0 Å². The average molecular weight is 385 g/mol. The first-order valence-corrected chi connectivity index (χ1v) is 9.96. The van der Waals surface area contributed by atoms with E-state index in [0.717, 1.165) is 5.69 Å². The average Bonchev–Trinajstić information content (AvgIpc) is 3.34. The fraction of sp³-hybridized carbons (Fsp3) is 0.300. The molecule has 0 aromatic heterocycles. The summed E-state index contributed by atoms with van der Waals surface area (Å²) < 4.78 is 13.2. The lowest BCUT2D eigenvalue weighted by atomic mass is 9.99. The Morgan fingerprint density at radius 1 is 1.04 bits per heavy atom. The van der Waals surface area contributed by atoms with Crippen LogP contribution >= 0.6 is 0 Å². The number of nitriles is 1. The predicted octanol–water partition coefficient (Wildman–Crippen LogP) is 2.13. The van der Waals surface area contributed by atoms with Crippen molar-refractivity contribution in [2.24, 2.45) is 5.73 Å². The highest BCUT2D eigenvalue weighted by Gasteiger charge is 2.21. The van der Waals surface area contributed by atoms with Crippen molar-refractivity contribution in [2.45, 2.75) is 43.4 Å². The Balaban J connectivity index is 0.000000172. The molecule has 2 aliphatic rings. The van der Waals surface area contributed by atoms with Crippen LogP contribution in [0.5, 0.6) is 0 Å². The van der Waals surface area contributed by atoms with Gasteiger partial charge in [-0.2, -0.15) is 5.26 Å². The Kier molecular flexibility index (Phi) is 7.83. The highest BCUT2D eigenvalue weighted by molar-refractivity contribution is 7.83. The van der Waals surface area contributed by atoms with Gasteiger partial charge in [-0.25, -0.2) is 8.93 Å². The van der Waals surface area contributed by atoms with Crippen molar-refractivity contribution in [2.75, 3.05) is 5.73 Å². The second-order valence-corrected chi connectivity index (χ2v) is 7.42. The Morgan fingerprint density at radius 2 is 1.56 bits per heavy atom. The van der Waals surface area contributed by atoms with Crippen molar-refractivity contribution in [3.8, 4) is 6.19 Å². The minimum Gasteiger partial charge on any atom is -0.398 e. The number of carbonyl (C=O) groups excluding carboxylic acids is 1. The number of rotatable bonds is 2. The molecule has 0 heterocycles. The fourth-order valence-corrected chi connectivity index (χ4v) is 4.11. The second kappa shape index (κ2) is 10.3. The third-order valence-corrected chi connectivity index (χ3v) is 5.59. The number of fused-ring (bicyclic) bond motifs is 2. The number of primary amides is 1. The van der Waals surface area contributed by atoms with Crippen molar-refractivity contribution in [1.82, 2.24) is 4.72 Å². The minimum atomic E-state index is -1.39. The van der Waals surface area contributed by atoms with Crippen molar-refractivity contribution in [3.05, 3.63) is 58.7 Å². The summed E-state index contributed by atoms with van der Waals surface area (Å²) in [4.78, 5) is 9.19. The topological polar surface area (TPSA) is 122 Å². The molecule has 27 heavy (non-hydrogen) atoms. The van der Waals surface area contributed by atoms with Gasteiger partial charge >= 0.3 is 0 Å². The first kappa shape index (κ1) is 20.5. The maximum absolute atomic E-state index is 11.0. The molecule has 1 unspecified atom stereocenters. The second-order valence-electron chi connectivity index (χ2n) is 6.20. The zero-order valence-electron chi connectivity index (χ0n) is 15.1. The Hall–Kier alpha value is -2.85. The molecule has 5 N–H and O–H groups in total. The van der Waals surface area contributed by atoms with E-state index in [1.54, 1.807) is 30.5 Å². The molecular weight excluding hydrogens is 360 g/mol. The molecule has 7 heteroatoms. The highest BCUT2D eigenvalue weighted by Crippen LogP contribution is 2.36. The third kappa shape index (κ3) is 5.31. The minimum absolute atomic E-state index is 0.250. The first-order valence-electron chi connectivity index (χ1n) is 8.81. The molecule has 2 aliphatic carbocycles. The van der Waals surface area contributed by atoms with E-state index >= 15 is 0 Å². The molecule has 4 rings (SSSR count). The molecular formula is C20H24N4O2S. The molecule has 1 amide bonds. The van der Waals surface area contributed by atoms with Crippen LogP contribution in [0.1, 0.15) is 35.1 Å². The van der Waals surface area contributed by atoms with Crippen LogP contribution in [0.15, 0.2) is 41.3 Å². The number of hydrogen-bond acceptors (Lipinski definition) is 4. The monoisotopic (exact) mass is 384 g/mol. The zero-order chi connectivity index (χ0) is 19.6. The van der Waals surface area contributed by atoms with Crippen molar-refractivity contribution in [1.29, 1.82) is 5.26 Å². The molecule has 0 fully saturated rings. The summed E-state index contributed by atoms with van der Waals surface area (Å²) in [6.07, 6.45) is 9.43. The number of amides is 1. The highest BCUT2D eigenvalue weighted by atomic mass is 32.2. The number of nitrogens with two attached hydrogens (primary N) is 2. The predicted molar refractivity (Wildman–Crippen MR) is 107 cm³/mol. The smallest absolute Gasteiger partial charge is 0.204 e. The molecule has 0 saturated carbocycles. The molecule has 2 aromatic carbocycles. The van der Waals surface area contributed by atoms with E-state index in [4.69, 9.17) is 15.8 Å². The van der Waals surface area contributed by atoms with E-state index < -0.39 is 11.0 Å². The summed E-state index contributed by atoms with van der Waals surface area (Å²) in [5.41, 5.74) is 17.5. The molecule has 2 aromatic rings. The van der Waals surface area contributed by atoms with Crippen molar-refractivity contribution >= 4 is 23.1 Å². The number of carbonyl (C=O) groups is 1. The van der Waals surface area contributed by atoms with Gasteiger partial charge < -0.3 is 11.5 Å². The van der Waals surface area contributed by atoms with Gasteiger partial charge in [-0.15, -0.1) is 0 Å². The lowest BCUT2D eigenvalue weighted by Gasteiger charge is -2.10. The summed E-state index contributed by atoms with van der Waals surface area (Å²) >= 11 is 0. The largest absolute Gasteiger partial charge is 0.398 e. The standard InChI is InChI=1S/C12H15N.C7H6N2OS.CH3NO/c13-12-10-5-1-3-8(10)7-9-4-2-6-11(9)12;8-6-9-11(10)7-4-2-1-3-5-7;2-1-3/h7H,1-6,13H2;1-5,9H;1H,(H2,2,3). The quantitative estimate of drug-likeness (QED) is 0.318. The van der Waals surface area contributed by atoms with Crippen LogP contribution in [0.2, 0.25) is 0 Å². The fourth-order valence-electron chi connectivity index (χ4n) is 3.50. The van der Waals surface area contributed by atoms with E-state index in [2.05, 4.69) is 16.5 Å². The van der Waals surface area contributed by atoms with Gasteiger partial charge in [0.1, 0.15) is 0 Å². The number of nitrogen functional groups attached to an aromatic ring is 1. The normalized spacial score (nSPS) is 14.2. The van der Waals surface area contributed by atoms with E-state index in [9.17, 15) is 4.21 Å². The molecule has 6 nitrogen and oxygen atoms in total. The van der Waals surface area contributed by atoms with E-state index in [-0.39, 0.29) is 6.41 Å². The summed E-state index contributed by atoms with van der Waals surface area (Å²) in [7, 11) is -1.39. The van der Waals surface area contributed by atoms with Crippen LogP contribution in [0.25, 0.3) is 0 Å². The van der Waals surface area contributed by atoms with Gasteiger partial charge in [0, 0.05) is 5.69 Å². The van der Waals surface area contributed by atoms with Crippen molar-refractivity contribution in [3.63, 3.8) is 0 Å². The zero-order valence-corrected chi connectivity index (χ0v) is 15.9. The summed E-state index contributed by atoms with van der Waals surface area (Å²) in [6, 6.07) is 11.2. The van der Waals surface area contributed by atoms with Crippen LogP contribution < -0.4 is 16.2 Å². The number of nitrogens with one attached hydrogen (secondary N) is 1. The Morgan fingerprint density at radius 3 is 2.04 bits per heavy atom. The third-order valence-electron chi connectivity index (χ3n) is 4.62. The van der Waals surface area contributed by atoms with E-state index in [1.807, 2.05) is 6.07 Å². The van der Waals surface area contributed by atoms with Crippen LogP contribution in [-0.2, 0) is 41.5 Å². The van der Waals surface area contributed by atoms with Gasteiger partial charge in [0.15, 0.2) is 17.2 Å². The number of benzene rings is 2. The molecule has 0 spiro atoms. The molecule has 142 valence electrons. The van der Waals surface area contributed by atoms with E-state index in [1.165, 1.54) is 60.8 Å². The van der Waals surface area contributed by atoms with Crippen molar-refractivity contribution < 1.29 is 9.00 Å². The van der Waals surface area contributed by atoms with Crippen LogP contribution in [0.4, 0.5) is 5.69 Å². The molecule has 0 aliphatic heterocycles. The number of aryl methyl sites for hydroxylation is 2. The summed E-state index contributed by atoms with van der Waals surface area (Å²) in [6.45, 7) is 0. The maximum atomic E-state index is 11.0. The molecule has 0 saturated heterocycles. The van der Waals surface area contributed by atoms with Gasteiger partial charge in [-0.05, 0) is 72.9 Å². The molecule has 0 bridgehead atoms. The molecule has 0 radical (unpaired) electrons. The van der Waals surface area contributed by atoms with Gasteiger partial charge in [0.05, 0.1) is 4.90 Å². The van der Waals surface area contributed by atoms with Gasteiger partial charge in [-0.3, -0.25) is 4.79 Å². The maximum Gasteiger partial charge on any atom is 0.204 e. The lowest BCUT2D eigenvalue weighted by molar-refractivity contribution is -0.106. The van der Waals surface area contributed by atoms with E-state index in [0.29, 0.717) is 4.90 Å².